The van der Waals surface area contributed by atoms with Crippen LogP contribution in [0.3, 0.4) is 0 Å². The van der Waals surface area contributed by atoms with E-state index >= 15 is 0 Å². The number of ether oxygens (including phenoxy) is 2. The number of rotatable bonds is 6. The van der Waals surface area contributed by atoms with Gasteiger partial charge in [0.15, 0.2) is 11.5 Å². The van der Waals surface area contributed by atoms with Gasteiger partial charge in [-0.05, 0) is 50.3 Å². The van der Waals surface area contributed by atoms with Gasteiger partial charge in [0, 0.05) is 5.56 Å². The van der Waals surface area contributed by atoms with E-state index in [2.05, 4.69) is 4.99 Å². The molecule has 0 bridgehead atoms. The van der Waals surface area contributed by atoms with Crippen molar-refractivity contribution in [3.63, 3.8) is 0 Å². The number of phenolic OH excluding ortho intramolecular Hbond substituents is 2. The number of hydrogen-bond acceptors (Lipinski definition) is 8. The minimum atomic E-state index is -0.698. The number of aliphatic imine (C=N–C) groups is 1. The second-order valence-corrected chi connectivity index (χ2v) is 7.14. The molecular formula is C22H21NO6S. The number of para-hydroxylation sites is 1. The number of carbonyl (C=O) groups excluding carboxylic acids is 1. The minimum Gasteiger partial charge on any atom is -0.506 e. The van der Waals surface area contributed by atoms with Crippen molar-refractivity contribution >= 4 is 34.5 Å². The van der Waals surface area contributed by atoms with Crippen molar-refractivity contribution in [3.05, 3.63) is 64.3 Å². The topological polar surface area (TPSA) is 109 Å². The van der Waals surface area contributed by atoms with Gasteiger partial charge in [0.05, 0.1) is 23.8 Å². The first kappa shape index (κ1) is 21.3. The number of carbonyl (C=O) groups is 1. The summed E-state index contributed by atoms with van der Waals surface area (Å²) in [6.45, 7) is 4.25. The van der Waals surface area contributed by atoms with Gasteiger partial charge in [-0.25, -0.2) is 9.79 Å². The van der Waals surface area contributed by atoms with E-state index in [1.807, 2.05) is 6.92 Å². The second-order valence-electron chi connectivity index (χ2n) is 6.11. The lowest BCUT2D eigenvalue weighted by Crippen LogP contribution is -2.12. The summed E-state index contributed by atoms with van der Waals surface area (Å²) in [4.78, 5) is 17.2. The summed E-state index contributed by atoms with van der Waals surface area (Å²) in [5, 5.41) is 30.7. The predicted molar refractivity (Wildman–Crippen MR) is 116 cm³/mol. The van der Waals surface area contributed by atoms with Crippen LogP contribution in [0.25, 0.3) is 6.08 Å². The molecule has 1 aliphatic rings. The molecule has 0 fully saturated rings. The molecule has 156 valence electrons. The Labute approximate surface area is 178 Å². The Bertz CT molecular complexity index is 1040. The van der Waals surface area contributed by atoms with E-state index in [1.165, 1.54) is 12.1 Å². The molecule has 0 unspecified atom stereocenters. The van der Waals surface area contributed by atoms with Crippen LogP contribution in [-0.2, 0) is 9.53 Å². The van der Waals surface area contributed by atoms with Crippen LogP contribution in [0.15, 0.2) is 63.7 Å². The molecule has 3 N–H and O–H groups in total. The average molecular weight is 427 g/mol. The van der Waals surface area contributed by atoms with Crippen LogP contribution in [0, 0.1) is 0 Å². The van der Waals surface area contributed by atoms with E-state index in [0.717, 1.165) is 11.8 Å². The van der Waals surface area contributed by atoms with Crippen molar-refractivity contribution in [2.45, 2.75) is 13.8 Å². The number of phenols is 2. The largest absolute Gasteiger partial charge is 0.506 e. The maximum absolute atomic E-state index is 12.4. The van der Waals surface area contributed by atoms with Crippen molar-refractivity contribution < 1.29 is 29.6 Å². The van der Waals surface area contributed by atoms with Gasteiger partial charge in [0.2, 0.25) is 0 Å². The van der Waals surface area contributed by atoms with Crippen molar-refractivity contribution in [2.24, 2.45) is 4.99 Å². The van der Waals surface area contributed by atoms with Crippen LogP contribution < -0.4 is 4.74 Å². The highest BCUT2D eigenvalue weighted by Gasteiger charge is 2.33. The van der Waals surface area contributed by atoms with E-state index in [4.69, 9.17) is 9.47 Å². The summed E-state index contributed by atoms with van der Waals surface area (Å²) < 4.78 is 10.5. The lowest BCUT2D eigenvalue weighted by Gasteiger charge is -2.05. The fraction of sp³-hybridized carbons (Fsp3) is 0.182. The molecule has 0 saturated heterocycles. The Morgan fingerprint density at radius 3 is 2.47 bits per heavy atom. The summed E-state index contributed by atoms with van der Waals surface area (Å²) in [6, 6.07) is 11.5. The molecule has 8 heteroatoms. The van der Waals surface area contributed by atoms with Crippen molar-refractivity contribution in [1.82, 2.24) is 0 Å². The molecule has 0 atom stereocenters. The number of benzene rings is 2. The number of esters is 1. The van der Waals surface area contributed by atoms with Gasteiger partial charge in [-0.15, -0.1) is 0 Å². The van der Waals surface area contributed by atoms with E-state index in [1.54, 1.807) is 43.3 Å². The molecule has 1 aliphatic heterocycles. The molecule has 0 spiro atoms. The SMILES string of the molecule is CCOC(=O)C1=C(O)/C(=C\c2cccc(O)c2O)SC1=Nc1ccc(OCC)cc1. The third-order valence-corrected chi connectivity index (χ3v) is 5.10. The third kappa shape index (κ3) is 4.60. The molecule has 30 heavy (non-hydrogen) atoms. The molecule has 0 amide bonds. The molecule has 0 aliphatic carbocycles. The highest BCUT2D eigenvalue weighted by Crippen LogP contribution is 2.42. The normalized spacial score (nSPS) is 16.3. The highest BCUT2D eigenvalue weighted by molar-refractivity contribution is 8.18. The first-order valence-electron chi connectivity index (χ1n) is 9.27. The van der Waals surface area contributed by atoms with E-state index < -0.39 is 5.97 Å². The van der Waals surface area contributed by atoms with Crippen LogP contribution in [0.2, 0.25) is 0 Å². The minimum absolute atomic E-state index is 0.0540. The van der Waals surface area contributed by atoms with Crippen LogP contribution in [0.4, 0.5) is 5.69 Å². The Morgan fingerprint density at radius 2 is 1.80 bits per heavy atom. The third-order valence-electron chi connectivity index (χ3n) is 4.08. The fourth-order valence-electron chi connectivity index (χ4n) is 2.70. The van der Waals surface area contributed by atoms with Crippen LogP contribution in [-0.4, -0.2) is 39.5 Å². The number of aromatic hydroxyl groups is 2. The zero-order chi connectivity index (χ0) is 21.7. The standard InChI is InChI=1S/C22H21NO6S/c1-3-28-15-10-8-14(9-11-15)23-21-18(22(27)29-4-2)20(26)17(30-21)12-13-6-5-7-16(24)19(13)25/h5-12,24-26H,3-4H2,1-2H3/b17-12+,23-21?. The monoisotopic (exact) mass is 427 g/mol. The zero-order valence-corrected chi connectivity index (χ0v) is 17.3. The predicted octanol–water partition coefficient (Wildman–Crippen LogP) is 4.69. The van der Waals surface area contributed by atoms with Crippen molar-refractivity contribution in [1.29, 1.82) is 0 Å². The van der Waals surface area contributed by atoms with Gasteiger partial charge < -0.3 is 24.8 Å². The first-order valence-corrected chi connectivity index (χ1v) is 10.1. The van der Waals surface area contributed by atoms with Crippen LogP contribution >= 0.6 is 11.8 Å². The number of hydrogen-bond donors (Lipinski definition) is 3. The van der Waals surface area contributed by atoms with Gasteiger partial charge in [-0.3, -0.25) is 0 Å². The molecule has 0 saturated carbocycles. The molecular weight excluding hydrogens is 406 g/mol. The molecule has 1 heterocycles. The van der Waals surface area contributed by atoms with E-state index in [9.17, 15) is 20.1 Å². The lowest BCUT2D eigenvalue weighted by molar-refractivity contribution is -0.138. The van der Waals surface area contributed by atoms with Gasteiger partial charge >= 0.3 is 5.97 Å². The number of aliphatic hydroxyl groups is 1. The van der Waals surface area contributed by atoms with Gasteiger partial charge in [-0.2, -0.15) is 0 Å². The molecule has 7 nitrogen and oxygen atoms in total. The smallest absolute Gasteiger partial charge is 0.344 e. The maximum Gasteiger partial charge on any atom is 0.344 e. The maximum atomic E-state index is 12.4. The quantitative estimate of drug-likeness (QED) is 0.453. The summed E-state index contributed by atoms with van der Waals surface area (Å²) in [6.07, 6.45) is 1.47. The molecule has 0 radical (unpaired) electrons. The van der Waals surface area contributed by atoms with Crippen molar-refractivity contribution in [2.75, 3.05) is 13.2 Å². The van der Waals surface area contributed by atoms with Crippen LogP contribution in [0.5, 0.6) is 17.2 Å². The van der Waals surface area contributed by atoms with Gasteiger partial charge in [-0.1, -0.05) is 23.9 Å². The molecule has 3 rings (SSSR count). The Kier molecular flexibility index (Phi) is 6.68. The summed E-state index contributed by atoms with van der Waals surface area (Å²) in [5.41, 5.74) is 0.799. The second kappa shape index (κ2) is 9.41. The van der Waals surface area contributed by atoms with Crippen molar-refractivity contribution in [3.8, 4) is 17.2 Å². The Balaban J connectivity index is 2.02. The summed E-state index contributed by atoms with van der Waals surface area (Å²) in [7, 11) is 0. The first-order chi connectivity index (χ1) is 14.4. The summed E-state index contributed by atoms with van der Waals surface area (Å²) in [5.74, 6) is -0.913. The Morgan fingerprint density at radius 1 is 1.07 bits per heavy atom. The number of thioether (sulfide) groups is 1. The van der Waals surface area contributed by atoms with Gasteiger partial charge in [0.25, 0.3) is 0 Å². The number of aliphatic hydroxyl groups excluding tert-OH is 1. The average Bonchev–Trinajstić information content (AvgIpc) is 3.02. The highest BCUT2D eigenvalue weighted by atomic mass is 32.2. The fourth-order valence-corrected chi connectivity index (χ4v) is 3.73. The summed E-state index contributed by atoms with van der Waals surface area (Å²) >= 11 is 1.06. The van der Waals surface area contributed by atoms with Gasteiger partial charge in [0.1, 0.15) is 22.1 Å². The molecule has 2 aromatic carbocycles. The zero-order valence-electron chi connectivity index (χ0n) is 16.5. The number of nitrogens with zero attached hydrogens (tertiary/aromatic N) is 1. The van der Waals surface area contributed by atoms with E-state index in [-0.39, 0.29) is 40.0 Å². The molecule has 2 aromatic rings. The Hall–Kier alpha value is -3.39. The van der Waals surface area contributed by atoms with E-state index in [0.29, 0.717) is 22.9 Å². The lowest BCUT2D eigenvalue weighted by atomic mass is 10.1. The molecule has 0 aromatic heterocycles. The van der Waals surface area contributed by atoms with Crippen LogP contribution in [0.1, 0.15) is 19.4 Å².